The standard InChI is InChI=1S/C11H20N2O3/c1-10(12-9-16-8-11(12)14)4-7-13(15)5-2-3-6-13/h10H,2-9H2,1H3. The lowest BCUT2D eigenvalue weighted by atomic mass is 10.2. The van der Waals surface area contributed by atoms with Crippen molar-refractivity contribution in [1.29, 1.82) is 0 Å². The molecule has 0 aromatic heterocycles. The van der Waals surface area contributed by atoms with Gasteiger partial charge in [0.2, 0.25) is 0 Å². The maximum absolute atomic E-state index is 12.1. The fourth-order valence-corrected chi connectivity index (χ4v) is 2.47. The van der Waals surface area contributed by atoms with Crippen LogP contribution in [0.5, 0.6) is 0 Å². The Kier molecular flexibility index (Phi) is 3.47. The van der Waals surface area contributed by atoms with Crippen LogP contribution in [-0.2, 0) is 9.53 Å². The van der Waals surface area contributed by atoms with Crippen molar-refractivity contribution in [3.63, 3.8) is 0 Å². The first-order valence-corrected chi connectivity index (χ1v) is 6.05. The van der Waals surface area contributed by atoms with E-state index in [1.54, 1.807) is 4.90 Å². The molecule has 2 heterocycles. The zero-order valence-corrected chi connectivity index (χ0v) is 9.85. The monoisotopic (exact) mass is 228 g/mol. The Balaban J connectivity index is 1.78. The van der Waals surface area contributed by atoms with Crippen molar-refractivity contribution in [3.8, 4) is 0 Å². The number of carbonyl (C=O) groups excluding carboxylic acids is 1. The van der Waals surface area contributed by atoms with E-state index in [4.69, 9.17) is 4.74 Å². The summed E-state index contributed by atoms with van der Waals surface area (Å²) in [6.07, 6.45) is 2.87. The highest BCUT2D eigenvalue weighted by Crippen LogP contribution is 2.20. The van der Waals surface area contributed by atoms with Crippen LogP contribution in [0.3, 0.4) is 0 Å². The Morgan fingerprint density at radius 3 is 2.75 bits per heavy atom. The fraction of sp³-hybridized carbons (Fsp3) is 0.909. The topological polar surface area (TPSA) is 52.6 Å². The van der Waals surface area contributed by atoms with E-state index in [2.05, 4.69) is 0 Å². The number of carbonyl (C=O) groups is 1. The molecule has 2 fully saturated rings. The summed E-state index contributed by atoms with van der Waals surface area (Å²) < 4.78 is 5.02. The predicted octanol–water partition coefficient (Wildman–Crippen LogP) is 0.690. The van der Waals surface area contributed by atoms with Gasteiger partial charge in [-0.1, -0.05) is 0 Å². The van der Waals surface area contributed by atoms with E-state index < -0.39 is 0 Å². The Morgan fingerprint density at radius 2 is 2.19 bits per heavy atom. The Morgan fingerprint density at radius 1 is 1.50 bits per heavy atom. The lowest BCUT2D eigenvalue weighted by molar-refractivity contribution is -0.868. The lowest BCUT2D eigenvalue weighted by Gasteiger charge is -2.39. The predicted molar refractivity (Wildman–Crippen MR) is 59.2 cm³/mol. The molecule has 0 bridgehead atoms. The molecule has 2 rings (SSSR count). The molecule has 0 aliphatic carbocycles. The molecule has 0 N–H and O–H groups in total. The van der Waals surface area contributed by atoms with Crippen LogP contribution < -0.4 is 0 Å². The van der Waals surface area contributed by atoms with Crippen LogP contribution >= 0.6 is 0 Å². The number of quaternary nitrogens is 1. The molecule has 0 spiro atoms. The van der Waals surface area contributed by atoms with Gasteiger partial charge in [0.05, 0.1) is 19.6 Å². The number of hydrogen-bond acceptors (Lipinski definition) is 3. The summed E-state index contributed by atoms with van der Waals surface area (Å²) in [5, 5.41) is 12.1. The summed E-state index contributed by atoms with van der Waals surface area (Å²) in [7, 11) is 0. The van der Waals surface area contributed by atoms with Gasteiger partial charge < -0.3 is 19.5 Å². The molecular weight excluding hydrogens is 208 g/mol. The molecule has 2 aliphatic rings. The highest BCUT2D eigenvalue weighted by Gasteiger charge is 2.28. The Hall–Kier alpha value is -0.650. The zero-order chi connectivity index (χ0) is 11.6. The number of likely N-dealkylation sites (tertiary alicyclic amines) is 1. The van der Waals surface area contributed by atoms with Crippen LogP contribution in [0.2, 0.25) is 0 Å². The third kappa shape index (κ3) is 2.53. The van der Waals surface area contributed by atoms with Crippen molar-refractivity contribution in [1.82, 2.24) is 4.90 Å². The molecule has 1 unspecified atom stereocenters. The van der Waals surface area contributed by atoms with Gasteiger partial charge in [0.15, 0.2) is 0 Å². The molecule has 5 nitrogen and oxygen atoms in total. The van der Waals surface area contributed by atoms with E-state index in [1.165, 1.54) is 0 Å². The molecule has 1 amide bonds. The number of ether oxygens (including phenoxy) is 1. The molecular formula is C11H20N2O3. The third-order valence-corrected chi connectivity index (χ3v) is 3.64. The van der Waals surface area contributed by atoms with Gasteiger partial charge in [0.25, 0.3) is 5.91 Å². The van der Waals surface area contributed by atoms with Crippen LogP contribution in [0.15, 0.2) is 0 Å². The van der Waals surface area contributed by atoms with E-state index in [9.17, 15) is 10.0 Å². The van der Waals surface area contributed by atoms with Gasteiger partial charge in [-0.2, -0.15) is 0 Å². The highest BCUT2D eigenvalue weighted by atomic mass is 16.5. The normalized spacial score (nSPS) is 26.4. The van der Waals surface area contributed by atoms with Crippen molar-refractivity contribution in [2.24, 2.45) is 0 Å². The summed E-state index contributed by atoms with van der Waals surface area (Å²) in [5.74, 6) is 0.0476. The summed E-state index contributed by atoms with van der Waals surface area (Å²) in [5.41, 5.74) is 0. The SMILES string of the molecule is CC(CC[N+]1([O-])CCCC1)N1COCC1=O. The van der Waals surface area contributed by atoms with E-state index in [0.717, 1.165) is 32.4 Å². The third-order valence-electron chi connectivity index (χ3n) is 3.64. The van der Waals surface area contributed by atoms with Crippen molar-refractivity contribution in [2.45, 2.75) is 32.2 Å². The van der Waals surface area contributed by atoms with Gasteiger partial charge in [-0.3, -0.25) is 4.79 Å². The molecule has 16 heavy (non-hydrogen) atoms. The first-order chi connectivity index (χ1) is 7.61. The fourth-order valence-electron chi connectivity index (χ4n) is 2.47. The largest absolute Gasteiger partial charge is 0.633 e. The van der Waals surface area contributed by atoms with Gasteiger partial charge in [-0.25, -0.2) is 0 Å². The van der Waals surface area contributed by atoms with Crippen LogP contribution in [-0.4, -0.2) is 54.5 Å². The second-order valence-electron chi connectivity index (χ2n) is 4.91. The lowest BCUT2D eigenvalue weighted by Crippen LogP contribution is -2.43. The number of rotatable bonds is 4. The first-order valence-electron chi connectivity index (χ1n) is 6.05. The number of amides is 1. The molecule has 0 saturated carbocycles. The second-order valence-corrected chi connectivity index (χ2v) is 4.91. The Bertz CT molecular complexity index is 264. The maximum atomic E-state index is 12.1. The van der Waals surface area contributed by atoms with E-state index in [-0.39, 0.29) is 23.2 Å². The molecule has 92 valence electrons. The average molecular weight is 228 g/mol. The van der Waals surface area contributed by atoms with E-state index in [1.807, 2.05) is 6.92 Å². The van der Waals surface area contributed by atoms with Crippen molar-refractivity contribution in [2.75, 3.05) is 33.0 Å². The molecule has 2 saturated heterocycles. The summed E-state index contributed by atoms with van der Waals surface area (Å²) in [6.45, 7) is 4.70. The van der Waals surface area contributed by atoms with Crippen LogP contribution in [0.4, 0.5) is 0 Å². The van der Waals surface area contributed by atoms with Crippen molar-refractivity contribution in [3.05, 3.63) is 5.21 Å². The summed E-state index contributed by atoms with van der Waals surface area (Å²) in [4.78, 5) is 13.1. The maximum Gasteiger partial charge on any atom is 0.250 e. The molecule has 0 aromatic carbocycles. The summed E-state index contributed by atoms with van der Waals surface area (Å²) in [6, 6.07) is 0.125. The van der Waals surface area contributed by atoms with Gasteiger partial charge in [0.1, 0.15) is 13.3 Å². The minimum absolute atomic E-state index is 0.0476. The summed E-state index contributed by atoms with van der Waals surface area (Å²) >= 11 is 0. The van der Waals surface area contributed by atoms with E-state index in [0.29, 0.717) is 13.3 Å². The number of nitrogens with zero attached hydrogens (tertiary/aromatic N) is 2. The Labute approximate surface area is 96.1 Å². The smallest absolute Gasteiger partial charge is 0.250 e. The van der Waals surface area contributed by atoms with Crippen molar-refractivity contribution >= 4 is 5.91 Å². The molecule has 1 atom stereocenters. The van der Waals surface area contributed by atoms with Crippen LogP contribution in [0.1, 0.15) is 26.2 Å². The number of hydrogen-bond donors (Lipinski definition) is 0. The van der Waals surface area contributed by atoms with Crippen LogP contribution in [0.25, 0.3) is 0 Å². The zero-order valence-electron chi connectivity index (χ0n) is 9.85. The quantitative estimate of drug-likeness (QED) is 0.525. The minimum atomic E-state index is -0.0623. The van der Waals surface area contributed by atoms with Gasteiger partial charge in [0, 0.05) is 25.3 Å². The van der Waals surface area contributed by atoms with Gasteiger partial charge in [-0.05, 0) is 6.92 Å². The van der Waals surface area contributed by atoms with Crippen LogP contribution in [0, 0.1) is 5.21 Å². The van der Waals surface area contributed by atoms with Gasteiger partial charge >= 0.3 is 0 Å². The molecule has 0 aromatic rings. The first kappa shape index (κ1) is 11.8. The second kappa shape index (κ2) is 4.69. The molecule has 0 radical (unpaired) electrons. The van der Waals surface area contributed by atoms with Gasteiger partial charge in [-0.15, -0.1) is 0 Å². The average Bonchev–Trinajstić information content (AvgIpc) is 2.85. The van der Waals surface area contributed by atoms with Crippen molar-refractivity contribution < 1.29 is 14.2 Å². The highest BCUT2D eigenvalue weighted by molar-refractivity contribution is 5.78. The molecule has 2 aliphatic heterocycles. The minimum Gasteiger partial charge on any atom is -0.633 e. The van der Waals surface area contributed by atoms with E-state index >= 15 is 0 Å². The molecule has 5 heteroatoms. The number of hydroxylamine groups is 3.